The first-order valence-corrected chi connectivity index (χ1v) is 8.87. The van der Waals surface area contributed by atoms with E-state index in [0.717, 1.165) is 25.7 Å². The molecular formula is C17H25N5O3. The number of urea groups is 1. The first kappa shape index (κ1) is 17.3. The van der Waals surface area contributed by atoms with Crippen LogP contribution in [0.3, 0.4) is 0 Å². The largest absolute Gasteiger partial charge is 0.364 e. The molecule has 1 atom stereocenters. The third-order valence-electron chi connectivity index (χ3n) is 4.98. The molecule has 2 aliphatic rings. The minimum absolute atomic E-state index is 0.0675. The van der Waals surface area contributed by atoms with Crippen LogP contribution >= 0.6 is 0 Å². The molecule has 3 rings (SSSR count). The molecular weight excluding hydrogens is 322 g/mol. The van der Waals surface area contributed by atoms with E-state index >= 15 is 0 Å². The number of primary amides is 1. The fourth-order valence-corrected chi connectivity index (χ4v) is 3.56. The Morgan fingerprint density at radius 3 is 2.60 bits per heavy atom. The number of nitrogens with zero attached hydrogens (tertiary/aromatic N) is 1. The molecule has 1 saturated heterocycles. The maximum absolute atomic E-state index is 12.5. The lowest BCUT2D eigenvalue weighted by Gasteiger charge is -2.32. The minimum Gasteiger partial charge on any atom is -0.364 e. The number of aromatic amines is 1. The van der Waals surface area contributed by atoms with Gasteiger partial charge in [-0.3, -0.25) is 9.59 Å². The molecule has 0 aromatic carbocycles. The third-order valence-corrected chi connectivity index (χ3v) is 4.98. The molecule has 2 heterocycles. The Bertz CT molecular complexity index is 650. The van der Waals surface area contributed by atoms with Gasteiger partial charge in [0.15, 0.2) is 0 Å². The fourth-order valence-electron chi connectivity index (χ4n) is 3.56. The van der Waals surface area contributed by atoms with Crippen molar-refractivity contribution in [2.75, 3.05) is 18.4 Å². The standard InChI is InChI=1S/C17H25N5O3/c18-15(23)14-8-13(9-19-14)20-16(24)11-4-3-7-22(10-11)17(25)21-12-5-1-2-6-12/h8-9,11-12,19H,1-7,10H2,(H2,18,23)(H,20,24)(H,21,25)/t11-/m1/s1. The number of piperidine rings is 1. The van der Waals surface area contributed by atoms with Crippen LogP contribution in [0.15, 0.2) is 12.3 Å². The van der Waals surface area contributed by atoms with Gasteiger partial charge in [0, 0.05) is 25.3 Å². The van der Waals surface area contributed by atoms with Crippen LogP contribution in [0.5, 0.6) is 0 Å². The molecule has 0 unspecified atom stereocenters. The number of H-pyrrole nitrogens is 1. The highest BCUT2D eigenvalue weighted by Crippen LogP contribution is 2.21. The number of rotatable bonds is 4. The van der Waals surface area contributed by atoms with Gasteiger partial charge in [-0.25, -0.2) is 4.79 Å². The maximum atomic E-state index is 12.5. The van der Waals surface area contributed by atoms with Crippen LogP contribution in [0.2, 0.25) is 0 Å². The second-order valence-electron chi connectivity index (χ2n) is 6.87. The lowest BCUT2D eigenvalue weighted by atomic mass is 9.97. The van der Waals surface area contributed by atoms with E-state index in [2.05, 4.69) is 15.6 Å². The van der Waals surface area contributed by atoms with Gasteiger partial charge in [-0.05, 0) is 31.7 Å². The summed E-state index contributed by atoms with van der Waals surface area (Å²) in [5.74, 6) is -0.976. The number of nitrogens with two attached hydrogens (primary N) is 1. The predicted molar refractivity (Wildman–Crippen MR) is 93.0 cm³/mol. The van der Waals surface area contributed by atoms with Crippen LogP contribution in [-0.2, 0) is 4.79 Å². The van der Waals surface area contributed by atoms with Gasteiger partial charge in [0.05, 0.1) is 11.6 Å². The third kappa shape index (κ3) is 4.32. The highest BCUT2D eigenvalue weighted by molar-refractivity contribution is 5.96. The summed E-state index contributed by atoms with van der Waals surface area (Å²) in [4.78, 5) is 40.4. The summed E-state index contributed by atoms with van der Waals surface area (Å²) in [5.41, 5.74) is 5.94. The van der Waals surface area contributed by atoms with Crippen LogP contribution in [0.4, 0.5) is 10.5 Å². The molecule has 2 fully saturated rings. The lowest BCUT2D eigenvalue weighted by molar-refractivity contribution is -0.121. The predicted octanol–water partition coefficient (Wildman–Crippen LogP) is 1.42. The summed E-state index contributed by atoms with van der Waals surface area (Å²) in [6.45, 7) is 1.09. The van der Waals surface area contributed by atoms with Gasteiger partial charge < -0.3 is 26.3 Å². The van der Waals surface area contributed by atoms with E-state index in [-0.39, 0.29) is 29.6 Å². The summed E-state index contributed by atoms with van der Waals surface area (Å²) < 4.78 is 0. The van der Waals surface area contributed by atoms with E-state index in [4.69, 9.17) is 5.73 Å². The van der Waals surface area contributed by atoms with E-state index in [1.165, 1.54) is 25.1 Å². The van der Waals surface area contributed by atoms with Gasteiger partial charge in [-0.15, -0.1) is 0 Å². The van der Waals surface area contributed by atoms with Crippen molar-refractivity contribution in [3.05, 3.63) is 18.0 Å². The zero-order chi connectivity index (χ0) is 17.8. The van der Waals surface area contributed by atoms with Crippen LogP contribution in [0.1, 0.15) is 49.0 Å². The van der Waals surface area contributed by atoms with Gasteiger partial charge in [0.2, 0.25) is 5.91 Å². The molecule has 8 nitrogen and oxygen atoms in total. The number of likely N-dealkylation sites (tertiary alicyclic amines) is 1. The van der Waals surface area contributed by atoms with Crippen molar-refractivity contribution < 1.29 is 14.4 Å². The van der Waals surface area contributed by atoms with E-state index in [9.17, 15) is 14.4 Å². The van der Waals surface area contributed by atoms with E-state index in [0.29, 0.717) is 18.8 Å². The van der Waals surface area contributed by atoms with Crippen molar-refractivity contribution in [2.24, 2.45) is 11.7 Å². The molecule has 0 radical (unpaired) electrons. The Balaban J connectivity index is 1.53. The van der Waals surface area contributed by atoms with Crippen molar-refractivity contribution in [2.45, 2.75) is 44.6 Å². The normalized spacial score (nSPS) is 21.1. The van der Waals surface area contributed by atoms with Gasteiger partial charge in [-0.2, -0.15) is 0 Å². The fraction of sp³-hybridized carbons (Fsp3) is 0.588. The van der Waals surface area contributed by atoms with Crippen molar-refractivity contribution in [1.29, 1.82) is 0 Å². The average Bonchev–Trinajstić information content (AvgIpc) is 3.27. The summed E-state index contributed by atoms with van der Waals surface area (Å²) in [7, 11) is 0. The summed E-state index contributed by atoms with van der Waals surface area (Å²) in [6.07, 6.45) is 7.49. The molecule has 1 aromatic heterocycles. The number of amides is 4. The second kappa shape index (κ2) is 7.58. The van der Waals surface area contributed by atoms with Gasteiger partial charge in [0.25, 0.3) is 5.91 Å². The zero-order valence-corrected chi connectivity index (χ0v) is 14.2. The smallest absolute Gasteiger partial charge is 0.317 e. The van der Waals surface area contributed by atoms with Crippen molar-refractivity contribution in [1.82, 2.24) is 15.2 Å². The highest BCUT2D eigenvalue weighted by atomic mass is 16.2. The Hall–Kier alpha value is -2.51. The SMILES string of the molecule is NC(=O)c1cc(NC(=O)[C@@H]2CCCN(C(=O)NC3CCCC3)C2)c[nH]1. The molecule has 25 heavy (non-hydrogen) atoms. The topological polar surface area (TPSA) is 120 Å². The monoisotopic (exact) mass is 347 g/mol. The zero-order valence-electron chi connectivity index (χ0n) is 14.2. The van der Waals surface area contributed by atoms with Crippen LogP contribution < -0.4 is 16.4 Å². The van der Waals surface area contributed by atoms with Crippen LogP contribution in [0.25, 0.3) is 0 Å². The quantitative estimate of drug-likeness (QED) is 0.659. The number of anilines is 1. The molecule has 5 N–H and O–H groups in total. The number of hydrogen-bond donors (Lipinski definition) is 4. The molecule has 0 spiro atoms. The summed E-state index contributed by atoms with van der Waals surface area (Å²) in [6, 6.07) is 1.71. The summed E-state index contributed by atoms with van der Waals surface area (Å²) >= 11 is 0. The highest BCUT2D eigenvalue weighted by Gasteiger charge is 2.30. The van der Waals surface area contributed by atoms with E-state index in [1.54, 1.807) is 4.90 Å². The Morgan fingerprint density at radius 1 is 1.16 bits per heavy atom. The first-order chi connectivity index (χ1) is 12.0. The molecule has 1 saturated carbocycles. The molecule has 1 aliphatic heterocycles. The second-order valence-corrected chi connectivity index (χ2v) is 6.87. The van der Waals surface area contributed by atoms with E-state index in [1.807, 2.05) is 0 Å². The lowest BCUT2D eigenvalue weighted by Crippen LogP contribution is -2.49. The molecule has 1 aromatic rings. The number of hydrogen-bond acceptors (Lipinski definition) is 3. The maximum Gasteiger partial charge on any atom is 0.317 e. The molecule has 0 bridgehead atoms. The van der Waals surface area contributed by atoms with Gasteiger partial charge in [0.1, 0.15) is 5.69 Å². The average molecular weight is 347 g/mol. The number of carbonyl (C=O) groups is 3. The number of nitrogens with one attached hydrogen (secondary N) is 3. The van der Waals surface area contributed by atoms with Gasteiger partial charge >= 0.3 is 6.03 Å². The van der Waals surface area contributed by atoms with Gasteiger partial charge in [-0.1, -0.05) is 12.8 Å². The van der Waals surface area contributed by atoms with Crippen molar-refractivity contribution >= 4 is 23.5 Å². The number of carbonyl (C=O) groups excluding carboxylic acids is 3. The number of aromatic nitrogens is 1. The Labute approximate surface area is 146 Å². The minimum atomic E-state index is -0.576. The van der Waals surface area contributed by atoms with Crippen LogP contribution in [0, 0.1) is 5.92 Å². The van der Waals surface area contributed by atoms with Crippen molar-refractivity contribution in [3.63, 3.8) is 0 Å². The summed E-state index contributed by atoms with van der Waals surface area (Å²) in [5, 5.41) is 5.86. The van der Waals surface area contributed by atoms with Crippen LogP contribution in [-0.4, -0.2) is 46.9 Å². The first-order valence-electron chi connectivity index (χ1n) is 8.87. The molecule has 1 aliphatic carbocycles. The molecule has 136 valence electrons. The Morgan fingerprint density at radius 2 is 1.92 bits per heavy atom. The molecule has 8 heteroatoms. The Kier molecular flexibility index (Phi) is 5.25. The van der Waals surface area contributed by atoms with Crippen molar-refractivity contribution in [3.8, 4) is 0 Å². The molecule has 4 amide bonds. The van der Waals surface area contributed by atoms with E-state index < -0.39 is 5.91 Å².